The number of benzene rings is 1. The number of rotatable bonds is 6. The summed E-state index contributed by atoms with van der Waals surface area (Å²) in [5.74, 6) is -1.31. The van der Waals surface area contributed by atoms with Crippen LogP contribution in [0.25, 0.3) is 0 Å². The highest BCUT2D eigenvalue weighted by atomic mass is 16.5. The number of hydrogen-bond donors (Lipinski definition) is 4. The Morgan fingerprint density at radius 2 is 1.90 bits per heavy atom. The highest BCUT2D eigenvalue weighted by Crippen LogP contribution is 2.00. The number of nitrogens with one attached hydrogen (secondary N) is 2. The zero-order valence-corrected chi connectivity index (χ0v) is 10.5. The SMILES string of the molecule is NC(=O)N[C@@H](CNC(=O)OCc1ccccc1)C(=O)O. The van der Waals surface area contributed by atoms with E-state index in [0.29, 0.717) is 0 Å². The van der Waals surface area contributed by atoms with Crippen LogP contribution in [0.1, 0.15) is 5.56 Å². The first-order valence-electron chi connectivity index (χ1n) is 5.72. The zero-order valence-electron chi connectivity index (χ0n) is 10.5. The van der Waals surface area contributed by atoms with E-state index in [2.05, 4.69) is 5.32 Å². The number of alkyl carbamates (subject to hydrolysis) is 1. The van der Waals surface area contributed by atoms with Gasteiger partial charge in [-0.05, 0) is 5.56 Å². The fourth-order valence-corrected chi connectivity index (χ4v) is 1.33. The Balaban J connectivity index is 2.34. The van der Waals surface area contributed by atoms with Crippen molar-refractivity contribution in [3.63, 3.8) is 0 Å². The van der Waals surface area contributed by atoms with Crippen molar-refractivity contribution in [3.8, 4) is 0 Å². The summed E-state index contributed by atoms with van der Waals surface area (Å²) in [6.45, 7) is -0.264. The highest BCUT2D eigenvalue weighted by molar-refractivity contribution is 5.82. The van der Waals surface area contributed by atoms with Gasteiger partial charge in [0.05, 0.1) is 6.54 Å². The first kappa shape index (κ1) is 15.3. The van der Waals surface area contributed by atoms with Crippen LogP contribution in [0, 0.1) is 0 Å². The number of carbonyl (C=O) groups is 3. The normalized spacial score (nSPS) is 11.2. The van der Waals surface area contributed by atoms with Gasteiger partial charge >= 0.3 is 18.1 Å². The molecule has 0 heterocycles. The average molecular weight is 281 g/mol. The van der Waals surface area contributed by atoms with E-state index in [4.69, 9.17) is 15.6 Å². The van der Waals surface area contributed by atoms with E-state index in [1.54, 1.807) is 24.3 Å². The third-order valence-corrected chi connectivity index (χ3v) is 2.28. The second kappa shape index (κ2) is 7.62. The molecule has 0 aromatic heterocycles. The average Bonchev–Trinajstić information content (AvgIpc) is 2.41. The summed E-state index contributed by atoms with van der Waals surface area (Å²) < 4.78 is 4.88. The summed E-state index contributed by atoms with van der Waals surface area (Å²) in [6, 6.07) is 6.69. The van der Waals surface area contributed by atoms with Crippen LogP contribution in [0.15, 0.2) is 30.3 Å². The van der Waals surface area contributed by atoms with Crippen molar-refractivity contribution < 1.29 is 24.2 Å². The fourth-order valence-electron chi connectivity index (χ4n) is 1.33. The molecule has 0 fully saturated rings. The predicted octanol–water partition coefficient (Wildman–Crippen LogP) is 0.0343. The lowest BCUT2D eigenvalue weighted by Gasteiger charge is -2.13. The number of hydrogen-bond acceptors (Lipinski definition) is 4. The third-order valence-electron chi connectivity index (χ3n) is 2.28. The summed E-state index contributed by atoms with van der Waals surface area (Å²) in [5.41, 5.74) is 5.61. The van der Waals surface area contributed by atoms with Crippen LogP contribution in [-0.4, -0.2) is 35.8 Å². The quantitative estimate of drug-likeness (QED) is 0.584. The molecule has 8 heteroatoms. The molecule has 0 aliphatic carbocycles. The van der Waals surface area contributed by atoms with Crippen LogP contribution in [0.3, 0.4) is 0 Å². The molecular weight excluding hydrogens is 266 g/mol. The molecule has 1 aromatic carbocycles. The number of carboxylic acids is 1. The van der Waals surface area contributed by atoms with Crippen molar-refractivity contribution in [2.75, 3.05) is 6.54 Å². The van der Waals surface area contributed by atoms with Gasteiger partial charge in [0.2, 0.25) is 0 Å². The Bertz CT molecular complexity index is 477. The molecule has 0 radical (unpaired) electrons. The largest absolute Gasteiger partial charge is 0.480 e. The second-order valence-electron chi connectivity index (χ2n) is 3.84. The van der Waals surface area contributed by atoms with Gasteiger partial charge in [0.25, 0.3) is 0 Å². The minimum atomic E-state index is -1.31. The molecule has 5 N–H and O–H groups in total. The maximum absolute atomic E-state index is 11.4. The molecular formula is C12H15N3O5. The van der Waals surface area contributed by atoms with Crippen molar-refractivity contribution in [2.24, 2.45) is 5.73 Å². The Labute approximate surface area is 114 Å². The zero-order chi connectivity index (χ0) is 15.0. The number of carbonyl (C=O) groups excluding carboxylic acids is 2. The Kier molecular flexibility index (Phi) is 5.82. The van der Waals surface area contributed by atoms with E-state index >= 15 is 0 Å². The first-order valence-corrected chi connectivity index (χ1v) is 5.72. The van der Waals surface area contributed by atoms with Gasteiger partial charge in [-0.2, -0.15) is 0 Å². The summed E-state index contributed by atoms with van der Waals surface area (Å²) in [4.78, 5) is 32.7. The summed E-state index contributed by atoms with van der Waals surface area (Å²) in [6.07, 6.45) is -0.786. The van der Waals surface area contributed by atoms with Gasteiger partial charge in [0, 0.05) is 0 Å². The minimum Gasteiger partial charge on any atom is -0.480 e. The number of aliphatic carboxylic acids is 1. The molecule has 0 saturated heterocycles. The molecule has 1 atom stereocenters. The first-order chi connectivity index (χ1) is 9.49. The molecule has 3 amide bonds. The lowest BCUT2D eigenvalue weighted by atomic mass is 10.2. The number of ether oxygens (including phenoxy) is 1. The monoisotopic (exact) mass is 281 g/mol. The van der Waals surface area contributed by atoms with Gasteiger partial charge < -0.3 is 26.2 Å². The lowest BCUT2D eigenvalue weighted by Crippen LogP contribution is -2.50. The van der Waals surface area contributed by atoms with E-state index in [0.717, 1.165) is 5.56 Å². The van der Waals surface area contributed by atoms with Gasteiger partial charge in [0.15, 0.2) is 0 Å². The maximum atomic E-state index is 11.4. The molecule has 0 saturated carbocycles. The van der Waals surface area contributed by atoms with Crippen LogP contribution in [0.2, 0.25) is 0 Å². The standard InChI is InChI=1S/C12H15N3O5/c13-11(18)15-9(10(16)17)6-14-12(19)20-7-8-4-2-1-3-5-8/h1-5,9H,6-7H2,(H,14,19)(H,16,17)(H3,13,15,18)/t9-/m0/s1. The van der Waals surface area contributed by atoms with Gasteiger partial charge in [0.1, 0.15) is 12.6 Å². The second-order valence-corrected chi connectivity index (χ2v) is 3.84. The fraction of sp³-hybridized carbons (Fsp3) is 0.250. The van der Waals surface area contributed by atoms with Gasteiger partial charge in [-0.25, -0.2) is 14.4 Å². The Morgan fingerprint density at radius 3 is 2.45 bits per heavy atom. The molecule has 0 bridgehead atoms. The number of urea groups is 1. The van der Waals surface area contributed by atoms with Crippen molar-refractivity contribution in [2.45, 2.75) is 12.6 Å². The van der Waals surface area contributed by atoms with E-state index in [9.17, 15) is 14.4 Å². The van der Waals surface area contributed by atoms with Gasteiger partial charge in [-0.1, -0.05) is 30.3 Å². The summed E-state index contributed by atoms with van der Waals surface area (Å²) in [7, 11) is 0. The topological polar surface area (TPSA) is 131 Å². The van der Waals surface area contributed by atoms with Crippen molar-refractivity contribution in [3.05, 3.63) is 35.9 Å². The van der Waals surface area contributed by atoms with Crippen molar-refractivity contribution in [1.29, 1.82) is 0 Å². The number of carboxylic acid groups (broad SMARTS) is 1. The Morgan fingerprint density at radius 1 is 1.25 bits per heavy atom. The number of amides is 3. The molecule has 0 spiro atoms. The molecule has 0 unspecified atom stereocenters. The van der Waals surface area contributed by atoms with Crippen LogP contribution in [0.4, 0.5) is 9.59 Å². The Hall–Kier alpha value is -2.77. The van der Waals surface area contributed by atoms with Crippen LogP contribution in [0.5, 0.6) is 0 Å². The lowest BCUT2D eigenvalue weighted by molar-refractivity contribution is -0.139. The minimum absolute atomic E-state index is 0.0632. The smallest absolute Gasteiger partial charge is 0.407 e. The summed E-state index contributed by atoms with van der Waals surface area (Å²) in [5, 5.41) is 13.0. The van der Waals surface area contributed by atoms with Gasteiger partial charge in [-0.15, -0.1) is 0 Å². The third kappa shape index (κ3) is 5.71. The molecule has 20 heavy (non-hydrogen) atoms. The van der Waals surface area contributed by atoms with Crippen molar-refractivity contribution >= 4 is 18.1 Å². The van der Waals surface area contributed by atoms with E-state index < -0.39 is 24.1 Å². The van der Waals surface area contributed by atoms with Crippen LogP contribution in [-0.2, 0) is 16.1 Å². The molecule has 1 rings (SSSR count). The molecule has 108 valence electrons. The highest BCUT2D eigenvalue weighted by Gasteiger charge is 2.19. The summed E-state index contributed by atoms with van der Waals surface area (Å²) >= 11 is 0. The van der Waals surface area contributed by atoms with Crippen molar-refractivity contribution in [1.82, 2.24) is 10.6 Å². The maximum Gasteiger partial charge on any atom is 0.407 e. The number of nitrogens with two attached hydrogens (primary N) is 1. The van der Waals surface area contributed by atoms with E-state index in [-0.39, 0.29) is 13.2 Å². The molecule has 0 aliphatic rings. The number of primary amides is 1. The van der Waals surface area contributed by atoms with Crippen LogP contribution < -0.4 is 16.4 Å². The molecule has 8 nitrogen and oxygen atoms in total. The van der Waals surface area contributed by atoms with E-state index in [1.165, 1.54) is 0 Å². The van der Waals surface area contributed by atoms with Crippen LogP contribution >= 0.6 is 0 Å². The molecule has 0 aliphatic heterocycles. The van der Waals surface area contributed by atoms with E-state index in [1.807, 2.05) is 11.4 Å². The predicted molar refractivity (Wildman–Crippen MR) is 68.8 cm³/mol. The molecule has 1 aromatic rings. The van der Waals surface area contributed by atoms with Gasteiger partial charge in [-0.3, -0.25) is 0 Å².